The molecule has 1 aliphatic rings. The van der Waals surface area contributed by atoms with Gasteiger partial charge >= 0.3 is 0 Å². The third-order valence-corrected chi connectivity index (χ3v) is 6.35. The van der Waals surface area contributed by atoms with Crippen LogP contribution in [0.5, 0.6) is 0 Å². The molecule has 8 heteroatoms. The maximum atomic E-state index is 13.1. The molecule has 38 heavy (non-hydrogen) atoms. The van der Waals surface area contributed by atoms with Crippen molar-refractivity contribution in [2.45, 2.75) is 0 Å². The van der Waals surface area contributed by atoms with E-state index in [4.69, 9.17) is 4.98 Å². The van der Waals surface area contributed by atoms with Crippen molar-refractivity contribution in [1.82, 2.24) is 9.97 Å². The van der Waals surface area contributed by atoms with E-state index in [0.717, 1.165) is 33.9 Å². The minimum Gasteiger partial charge on any atom is -0.354 e. The van der Waals surface area contributed by atoms with E-state index in [1.807, 2.05) is 91.1 Å². The summed E-state index contributed by atoms with van der Waals surface area (Å²) in [7, 11) is 0. The number of nitro benzene ring substituents is 1. The molecule has 0 aliphatic carbocycles. The van der Waals surface area contributed by atoms with Gasteiger partial charge in [-0.25, -0.2) is 4.98 Å². The highest BCUT2D eigenvalue weighted by Gasteiger charge is 2.30. The largest absolute Gasteiger partial charge is 0.354 e. The van der Waals surface area contributed by atoms with Crippen LogP contribution in [-0.2, 0) is 4.79 Å². The van der Waals surface area contributed by atoms with Gasteiger partial charge in [0.2, 0.25) is 0 Å². The predicted octanol–water partition coefficient (Wildman–Crippen LogP) is 6.58. The summed E-state index contributed by atoms with van der Waals surface area (Å²) in [5, 5.41) is 17.6. The van der Waals surface area contributed by atoms with Crippen molar-refractivity contribution < 1.29 is 9.72 Å². The van der Waals surface area contributed by atoms with Gasteiger partial charge in [-0.3, -0.25) is 14.9 Å². The number of fused-ring (bicyclic) bond motifs is 1. The van der Waals surface area contributed by atoms with Crippen LogP contribution in [0.15, 0.2) is 109 Å². The van der Waals surface area contributed by atoms with E-state index in [0.29, 0.717) is 22.5 Å². The zero-order chi connectivity index (χ0) is 26.1. The first kappa shape index (κ1) is 22.9. The number of nitrogens with one attached hydrogen (secondary N) is 3. The molecular weight excluding hydrogens is 478 g/mol. The monoisotopic (exact) mass is 499 g/mol. The fourth-order valence-corrected chi connectivity index (χ4v) is 4.48. The molecule has 1 aliphatic heterocycles. The van der Waals surface area contributed by atoms with E-state index in [9.17, 15) is 14.9 Å². The molecule has 3 N–H and O–H groups in total. The Hall–Kier alpha value is -5.50. The Morgan fingerprint density at radius 1 is 0.842 bits per heavy atom. The Morgan fingerprint density at radius 3 is 2.26 bits per heavy atom. The van der Waals surface area contributed by atoms with Crippen LogP contribution in [-0.4, -0.2) is 20.8 Å². The number of non-ortho nitro benzene ring substituents is 1. The third-order valence-electron chi connectivity index (χ3n) is 6.35. The lowest BCUT2D eigenvalue weighted by Crippen LogP contribution is -2.10. The molecule has 8 nitrogen and oxygen atoms in total. The number of imidazole rings is 1. The predicted molar refractivity (Wildman–Crippen MR) is 148 cm³/mol. The zero-order valence-corrected chi connectivity index (χ0v) is 20.0. The molecule has 0 saturated heterocycles. The number of aromatic nitrogens is 2. The quantitative estimate of drug-likeness (QED) is 0.139. The van der Waals surface area contributed by atoms with Crippen molar-refractivity contribution >= 4 is 34.2 Å². The molecular formula is C30H21N5O3. The summed E-state index contributed by atoms with van der Waals surface area (Å²) in [6.45, 7) is 0. The molecule has 5 aromatic rings. The number of hydrogen-bond acceptors (Lipinski definition) is 5. The molecule has 1 aromatic heterocycles. The highest BCUT2D eigenvalue weighted by molar-refractivity contribution is 6.37. The summed E-state index contributed by atoms with van der Waals surface area (Å²) >= 11 is 0. The lowest BCUT2D eigenvalue weighted by atomic mass is 9.99. The van der Waals surface area contributed by atoms with Crippen molar-refractivity contribution in [3.63, 3.8) is 0 Å². The molecule has 4 aromatic carbocycles. The number of carbonyl (C=O) groups is 1. The van der Waals surface area contributed by atoms with Crippen LogP contribution in [0.1, 0.15) is 11.1 Å². The smallest absolute Gasteiger partial charge is 0.270 e. The molecule has 0 saturated carbocycles. The van der Waals surface area contributed by atoms with E-state index in [1.54, 1.807) is 6.07 Å². The zero-order valence-electron chi connectivity index (χ0n) is 20.0. The Bertz CT molecular complexity index is 1690. The highest BCUT2D eigenvalue weighted by Crippen LogP contribution is 2.39. The maximum Gasteiger partial charge on any atom is 0.270 e. The number of H-pyrrole nitrogens is 1. The van der Waals surface area contributed by atoms with Crippen LogP contribution in [0.25, 0.3) is 33.9 Å². The number of hydrogen-bond donors (Lipinski definition) is 3. The summed E-state index contributed by atoms with van der Waals surface area (Å²) in [5.41, 5.74) is 6.13. The summed E-state index contributed by atoms with van der Waals surface area (Å²) in [4.78, 5) is 32.0. The number of benzene rings is 4. The third kappa shape index (κ3) is 4.31. The number of amides is 1. The second-order valence-electron chi connectivity index (χ2n) is 8.76. The van der Waals surface area contributed by atoms with Crippen molar-refractivity contribution in [3.05, 3.63) is 131 Å². The molecule has 2 heterocycles. The van der Waals surface area contributed by atoms with Crippen LogP contribution in [0, 0.1) is 10.1 Å². The van der Waals surface area contributed by atoms with Gasteiger partial charge in [0, 0.05) is 46.4 Å². The SMILES string of the molecule is O=C1Nc2ccc([N+](=O)[O-])cc2C1=C(Nc1ccc(-c2c[nH]c(-c3ccccc3)n2)cc1)c1ccccc1. The number of aromatic amines is 1. The topological polar surface area (TPSA) is 113 Å². The number of anilines is 2. The number of nitrogens with zero attached hydrogens (tertiary/aromatic N) is 2. The van der Waals surface area contributed by atoms with Gasteiger partial charge in [0.25, 0.3) is 11.6 Å². The van der Waals surface area contributed by atoms with Crippen LogP contribution >= 0.6 is 0 Å². The second kappa shape index (κ2) is 9.51. The van der Waals surface area contributed by atoms with Gasteiger partial charge in [-0.1, -0.05) is 72.8 Å². The van der Waals surface area contributed by atoms with E-state index in [2.05, 4.69) is 15.6 Å². The molecule has 0 unspecified atom stereocenters. The van der Waals surface area contributed by atoms with Crippen molar-refractivity contribution in [1.29, 1.82) is 0 Å². The average molecular weight is 500 g/mol. The highest BCUT2D eigenvalue weighted by atomic mass is 16.6. The van der Waals surface area contributed by atoms with Gasteiger partial charge in [-0.2, -0.15) is 0 Å². The Balaban J connectivity index is 1.36. The van der Waals surface area contributed by atoms with Crippen molar-refractivity contribution in [2.24, 2.45) is 0 Å². The normalized spacial score (nSPS) is 13.5. The fourth-order valence-electron chi connectivity index (χ4n) is 4.48. The fraction of sp³-hybridized carbons (Fsp3) is 0. The van der Waals surface area contributed by atoms with Crippen molar-refractivity contribution in [3.8, 4) is 22.6 Å². The minimum atomic E-state index is -0.465. The molecule has 184 valence electrons. The second-order valence-corrected chi connectivity index (χ2v) is 8.76. The number of carbonyl (C=O) groups excluding carboxylic acids is 1. The summed E-state index contributed by atoms with van der Waals surface area (Å²) in [6, 6.07) is 31.4. The van der Waals surface area contributed by atoms with Gasteiger partial charge < -0.3 is 15.6 Å². The lowest BCUT2D eigenvalue weighted by molar-refractivity contribution is -0.384. The Labute approximate surface area is 217 Å². The van der Waals surface area contributed by atoms with Crippen molar-refractivity contribution in [2.75, 3.05) is 10.6 Å². The molecule has 1 amide bonds. The van der Waals surface area contributed by atoms with Crippen LogP contribution < -0.4 is 10.6 Å². The average Bonchev–Trinajstić information content (AvgIpc) is 3.57. The standard InChI is InChI=1S/C30H21N5O3/c36-30-27(24-17-23(35(37)38)15-16-25(24)34-30)28(20-7-3-1-4-8-20)32-22-13-11-19(12-14-22)26-18-31-29(33-26)21-9-5-2-6-10-21/h1-18,32H,(H,31,33)(H,34,36). The summed E-state index contributed by atoms with van der Waals surface area (Å²) in [6.07, 6.45) is 1.87. The van der Waals surface area contributed by atoms with Gasteiger partial charge in [-0.05, 0) is 23.8 Å². The van der Waals surface area contributed by atoms with E-state index in [-0.39, 0.29) is 11.6 Å². The molecule has 6 rings (SSSR count). The van der Waals surface area contributed by atoms with Gasteiger partial charge in [0.05, 0.1) is 21.9 Å². The minimum absolute atomic E-state index is 0.0802. The molecule has 0 bridgehead atoms. The van der Waals surface area contributed by atoms with E-state index >= 15 is 0 Å². The summed E-state index contributed by atoms with van der Waals surface area (Å²) in [5.74, 6) is 0.465. The number of rotatable bonds is 6. The van der Waals surface area contributed by atoms with Crippen LogP contribution in [0.4, 0.5) is 17.1 Å². The van der Waals surface area contributed by atoms with Crippen LogP contribution in [0.3, 0.4) is 0 Å². The lowest BCUT2D eigenvalue weighted by Gasteiger charge is -2.15. The Morgan fingerprint density at radius 2 is 1.55 bits per heavy atom. The molecule has 0 spiro atoms. The first-order valence-corrected chi connectivity index (χ1v) is 11.9. The number of nitro groups is 1. The molecule has 0 fully saturated rings. The molecule has 0 radical (unpaired) electrons. The van der Waals surface area contributed by atoms with E-state index in [1.165, 1.54) is 12.1 Å². The van der Waals surface area contributed by atoms with E-state index < -0.39 is 4.92 Å². The van der Waals surface area contributed by atoms with Gasteiger partial charge in [0.15, 0.2) is 0 Å². The molecule has 0 atom stereocenters. The summed E-state index contributed by atoms with van der Waals surface area (Å²) < 4.78 is 0. The maximum absolute atomic E-state index is 13.1. The first-order chi connectivity index (χ1) is 18.6. The Kier molecular flexibility index (Phi) is 5.74. The van der Waals surface area contributed by atoms with Crippen LogP contribution in [0.2, 0.25) is 0 Å². The van der Waals surface area contributed by atoms with Gasteiger partial charge in [0.1, 0.15) is 5.82 Å². The van der Waals surface area contributed by atoms with Gasteiger partial charge in [-0.15, -0.1) is 0 Å². The first-order valence-electron chi connectivity index (χ1n) is 11.9.